The molecule has 2 heterocycles. The predicted molar refractivity (Wildman–Crippen MR) is 81.4 cm³/mol. The van der Waals surface area contributed by atoms with E-state index in [0.717, 1.165) is 25.9 Å². The Morgan fingerprint density at radius 2 is 2.40 bits per heavy atom. The van der Waals surface area contributed by atoms with E-state index in [0.29, 0.717) is 24.6 Å². The molecule has 0 bridgehead atoms. The minimum atomic E-state index is -0.290. The number of rotatable bonds is 5. The summed E-state index contributed by atoms with van der Waals surface area (Å²) in [6.07, 6.45) is 4.47. The number of amides is 2. The zero-order valence-electron chi connectivity index (χ0n) is 12.0. The van der Waals surface area contributed by atoms with Gasteiger partial charge in [-0.05, 0) is 19.4 Å². The van der Waals surface area contributed by atoms with Gasteiger partial charge in [0, 0.05) is 25.3 Å². The Morgan fingerprint density at radius 3 is 3.10 bits per heavy atom. The summed E-state index contributed by atoms with van der Waals surface area (Å²) < 4.78 is 0. The lowest BCUT2D eigenvalue weighted by atomic mass is 10.1. The Hall–Kier alpha value is -1.01. The molecule has 1 fully saturated rings. The van der Waals surface area contributed by atoms with Crippen LogP contribution in [0.4, 0.5) is 0 Å². The summed E-state index contributed by atoms with van der Waals surface area (Å²) in [6, 6.07) is -0.290. The van der Waals surface area contributed by atoms with Gasteiger partial charge in [0.1, 0.15) is 6.04 Å². The Bertz CT molecular complexity index is 398. The van der Waals surface area contributed by atoms with Crippen molar-refractivity contribution in [1.82, 2.24) is 15.5 Å². The highest BCUT2D eigenvalue weighted by Gasteiger charge is 2.33. The molecular formula is C14H23N3O2S. The minimum absolute atomic E-state index is 0.0149. The molecule has 2 N–H and O–H groups in total. The molecule has 2 amide bonds. The molecule has 1 unspecified atom stereocenters. The highest BCUT2D eigenvalue weighted by Crippen LogP contribution is 2.22. The van der Waals surface area contributed by atoms with E-state index in [1.165, 1.54) is 5.57 Å². The molecule has 6 heteroatoms. The lowest BCUT2D eigenvalue weighted by Gasteiger charge is -2.23. The van der Waals surface area contributed by atoms with Crippen LogP contribution in [0.5, 0.6) is 0 Å². The van der Waals surface area contributed by atoms with Crippen LogP contribution in [0.15, 0.2) is 11.6 Å². The van der Waals surface area contributed by atoms with Crippen LogP contribution < -0.4 is 10.6 Å². The lowest BCUT2D eigenvalue weighted by molar-refractivity contribution is -0.138. The summed E-state index contributed by atoms with van der Waals surface area (Å²) in [5.41, 5.74) is 1.27. The van der Waals surface area contributed by atoms with Crippen molar-refractivity contribution < 1.29 is 9.59 Å². The summed E-state index contributed by atoms with van der Waals surface area (Å²) in [5.74, 6) is 1.43. The van der Waals surface area contributed by atoms with Crippen molar-refractivity contribution in [3.8, 4) is 0 Å². The van der Waals surface area contributed by atoms with E-state index in [4.69, 9.17) is 0 Å². The standard InChI is InChI=1S/C14H23N3O2S/c1-2-3-13(18)17-10-20-9-12(17)14(19)16-8-11-4-6-15-7-5-11/h4,12,15H,2-3,5-10H2,1H3,(H,16,19). The average molecular weight is 297 g/mol. The highest BCUT2D eigenvalue weighted by molar-refractivity contribution is 7.99. The summed E-state index contributed by atoms with van der Waals surface area (Å²) in [6.45, 7) is 4.45. The van der Waals surface area contributed by atoms with Crippen LogP contribution in [0.25, 0.3) is 0 Å². The number of nitrogens with zero attached hydrogens (tertiary/aromatic N) is 1. The molecule has 2 rings (SSSR count). The smallest absolute Gasteiger partial charge is 0.243 e. The maximum absolute atomic E-state index is 12.2. The Labute approximate surface area is 124 Å². The fourth-order valence-electron chi connectivity index (χ4n) is 2.41. The maximum Gasteiger partial charge on any atom is 0.243 e. The molecule has 0 radical (unpaired) electrons. The molecule has 0 aromatic carbocycles. The summed E-state index contributed by atoms with van der Waals surface area (Å²) >= 11 is 1.65. The second-order valence-corrected chi connectivity index (χ2v) is 6.16. The van der Waals surface area contributed by atoms with E-state index in [1.807, 2.05) is 6.92 Å². The lowest BCUT2D eigenvalue weighted by Crippen LogP contribution is -2.47. The molecule has 2 aliphatic rings. The fourth-order valence-corrected chi connectivity index (χ4v) is 3.59. The van der Waals surface area contributed by atoms with Crippen LogP contribution in [0.1, 0.15) is 26.2 Å². The number of nitrogens with one attached hydrogen (secondary N) is 2. The van der Waals surface area contributed by atoms with E-state index >= 15 is 0 Å². The molecule has 20 heavy (non-hydrogen) atoms. The van der Waals surface area contributed by atoms with Gasteiger partial charge in [-0.25, -0.2) is 0 Å². The fraction of sp³-hybridized carbons (Fsp3) is 0.714. The van der Waals surface area contributed by atoms with Crippen LogP contribution in [0.2, 0.25) is 0 Å². The molecule has 0 spiro atoms. The van der Waals surface area contributed by atoms with Gasteiger partial charge in [0.25, 0.3) is 0 Å². The molecule has 0 saturated carbocycles. The van der Waals surface area contributed by atoms with Crippen molar-refractivity contribution in [3.05, 3.63) is 11.6 Å². The first-order valence-corrected chi connectivity index (χ1v) is 8.41. The molecule has 1 atom stereocenters. The first kappa shape index (κ1) is 15.4. The Kier molecular flexibility index (Phi) is 5.91. The van der Waals surface area contributed by atoms with Gasteiger partial charge in [0.05, 0.1) is 5.88 Å². The molecule has 0 aliphatic carbocycles. The van der Waals surface area contributed by atoms with E-state index in [9.17, 15) is 9.59 Å². The third-order valence-electron chi connectivity index (χ3n) is 3.62. The Balaban J connectivity index is 1.84. The van der Waals surface area contributed by atoms with Crippen LogP contribution in [0, 0.1) is 0 Å². The first-order chi connectivity index (χ1) is 9.72. The molecule has 0 aromatic rings. The van der Waals surface area contributed by atoms with Gasteiger partial charge in [0.15, 0.2) is 0 Å². The number of hydrogen-bond acceptors (Lipinski definition) is 4. The summed E-state index contributed by atoms with van der Waals surface area (Å²) in [5, 5.41) is 6.23. The average Bonchev–Trinajstić information content (AvgIpc) is 2.96. The van der Waals surface area contributed by atoms with Crippen molar-refractivity contribution in [3.63, 3.8) is 0 Å². The zero-order chi connectivity index (χ0) is 14.4. The normalized spacial score (nSPS) is 22.6. The number of thioether (sulfide) groups is 1. The molecular weight excluding hydrogens is 274 g/mol. The minimum Gasteiger partial charge on any atom is -0.351 e. The van der Waals surface area contributed by atoms with Crippen LogP contribution >= 0.6 is 11.8 Å². The number of carbonyl (C=O) groups excluding carboxylic acids is 2. The topological polar surface area (TPSA) is 61.4 Å². The zero-order valence-corrected chi connectivity index (χ0v) is 12.8. The van der Waals surface area contributed by atoms with Crippen molar-refractivity contribution in [2.24, 2.45) is 0 Å². The Morgan fingerprint density at radius 1 is 1.55 bits per heavy atom. The second kappa shape index (κ2) is 7.69. The van der Waals surface area contributed by atoms with E-state index in [-0.39, 0.29) is 17.9 Å². The van der Waals surface area contributed by atoms with E-state index in [2.05, 4.69) is 16.7 Å². The van der Waals surface area contributed by atoms with Gasteiger partial charge in [-0.15, -0.1) is 11.8 Å². The van der Waals surface area contributed by atoms with Crippen molar-refractivity contribution in [2.75, 3.05) is 31.3 Å². The summed E-state index contributed by atoms with van der Waals surface area (Å²) in [4.78, 5) is 25.9. The van der Waals surface area contributed by atoms with Crippen LogP contribution in [-0.2, 0) is 9.59 Å². The van der Waals surface area contributed by atoms with Crippen molar-refractivity contribution >= 4 is 23.6 Å². The van der Waals surface area contributed by atoms with Gasteiger partial charge in [-0.2, -0.15) is 0 Å². The third-order valence-corrected chi connectivity index (χ3v) is 4.63. The van der Waals surface area contributed by atoms with Crippen molar-refractivity contribution in [1.29, 1.82) is 0 Å². The monoisotopic (exact) mass is 297 g/mol. The molecule has 0 aromatic heterocycles. The van der Waals surface area contributed by atoms with Gasteiger partial charge in [-0.1, -0.05) is 18.6 Å². The van der Waals surface area contributed by atoms with E-state index in [1.54, 1.807) is 16.7 Å². The van der Waals surface area contributed by atoms with Crippen LogP contribution in [0.3, 0.4) is 0 Å². The van der Waals surface area contributed by atoms with Gasteiger partial charge in [0.2, 0.25) is 11.8 Å². The largest absolute Gasteiger partial charge is 0.351 e. The van der Waals surface area contributed by atoms with Crippen molar-refractivity contribution in [2.45, 2.75) is 32.2 Å². The SMILES string of the molecule is CCCC(=O)N1CSCC1C(=O)NCC1=CCNCC1. The summed E-state index contributed by atoms with van der Waals surface area (Å²) in [7, 11) is 0. The molecule has 5 nitrogen and oxygen atoms in total. The van der Waals surface area contributed by atoms with E-state index < -0.39 is 0 Å². The molecule has 1 saturated heterocycles. The van der Waals surface area contributed by atoms with Gasteiger partial charge >= 0.3 is 0 Å². The highest BCUT2D eigenvalue weighted by atomic mass is 32.2. The second-order valence-electron chi connectivity index (χ2n) is 5.16. The maximum atomic E-state index is 12.2. The van der Waals surface area contributed by atoms with Gasteiger partial charge in [-0.3, -0.25) is 9.59 Å². The number of carbonyl (C=O) groups is 2. The quantitative estimate of drug-likeness (QED) is 0.734. The number of hydrogen-bond donors (Lipinski definition) is 2. The third kappa shape index (κ3) is 3.99. The first-order valence-electron chi connectivity index (χ1n) is 7.26. The van der Waals surface area contributed by atoms with Gasteiger partial charge < -0.3 is 15.5 Å². The molecule has 112 valence electrons. The van der Waals surface area contributed by atoms with Crippen LogP contribution in [-0.4, -0.2) is 54.0 Å². The predicted octanol–water partition coefficient (Wildman–Crippen LogP) is 0.724. The molecule has 2 aliphatic heterocycles.